The minimum absolute atomic E-state index is 0.131. The Morgan fingerprint density at radius 3 is 3.00 bits per heavy atom. The van der Waals surface area contributed by atoms with E-state index in [1.807, 2.05) is 18.9 Å². The lowest BCUT2D eigenvalue weighted by Crippen LogP contribution is -2.43. The summed E-state index contributed by atoms with van der Waals surface area (Å²) in [5.74, 6) is 0.131. The highest BCUT2D eigenvalue weighted by atomic mass is 32.1. The predicted molar refractivity (Wildman–Crippen MR) is 75.5 cm³/mol. The van der Waals surface area contributed by atoms with Crippen LogP contribution in [0.5, 0.6) is 0 Å². The summed E-state index contributed by atoms with van der Waals surface area (Å²) in [5, 5.41) is 3.86. The van der Waals surface area contributed by atoms with Crippen molar-refractivity contribution in [3.8, 4) is 0 Å². The normalized spacial score (nSPS) is 16.7. The molecule has 5 nitrogen and oxygen atoms in total. The molecule has 1 fully saturated rings. The molecular formula is C12H23N3O2S. The van der Waals surface area contributed by atoms with Crippen LogP contribution in [0, 0.1) is 0 Å². The summed E-state index contributed by atoms with van der Waals surface area (Å²) < 4.78 is 5.25. The van der Waals surface area contributed by atoms with Gasteiger partial charge in [0.05, 0.1) is 6.54 Å². The third-order valence-electron chi connectivity index (χ3n) is 2.91. The standard InChI is InChI=1S/C12H23N3O2S/c1-3-17-9-4-6-13-12(18)15-8-5-7-14(2)11(16)10-15/h3-10H2,1-2H3,(H,13,18). The molecule has 1 aliphatic heterocycles. The second-order valence-electron chi connectivity index (χ2n) is 4.37. The third kappa shape index (κ3) is 5.18. The number of carbonyl (C=O) groups is 1. The summed E-state index contributed by atoms with van der Waals surface area (Å²) in [6, 6.07) is 0. The maximum Gasteiger partial charge on any atom is 0.241 e. The molecule has 0 saturated carbocycles. The van der Waals surface area contributed by atoms with Gasteiger partial charge < -0.3 is 19.9 Å². The van der Waals surface area contributed by atoms with Gasteiger partial charge in [-0.3, -0.25) is 4.79 Å². The van der Waals surface area contributed by atoms with Crippen molar-refractivity contribution in [2.45, 2.75) is 19.8 Å². The molecule has 0 aromatic rings. The van der Waals surface area contributed by atoms with Crippen molar-refractivity contribution >= 4 is 23.2 Å². The van der Waals surface area contributed by atoms with Crippen LogP contribution in [0.3, 0.4) is 0 Å². The van der Waals surface area contributed by atoms with Crippen molar-refractivity contribution < 1.29 is 9.53 Å². The molecule has 0 unspecified atom stereocenters. The lowest BCUT2D eigenvalue weighted by atomic mass is 10.4. The maximum absolute atomic E-state index is 11.7. The molecule has 1 N–H and O–H groups in total. The zero-order valence-electron chi connectivity index (χ0n) is 11.3. The summed E-state index contributed by atoms with van der Waals surface area (Å²) in [5.41, 5.74) is 0. The van der Waals surface area contributed by atoms with Crippen LogP contribution in [0.1, 0.15) is 19.8 Å². The second kappa shape index (κ2) is 8.26. The van der Waals surface area contributed by atoms with E-state index in [9.17, 15) is 4.79 Å². The number of amides is 1. The van der Waals surface area contributed by atoms with E-state index < -0.39 is 0 Å². The number of hydrogen-bond donors (Lipinski definition) is 1. The molecule has 104 valence electrons. The number of nitrogens with zero attached hydrogens (tertiary/aromatic N) is 2. The van der Waals surface area contributed by atoms with E-state index in [1.165, 1.54) is 0 Å². The Hall–Kier alpha value is -0.880. The van der Waals surface area contributed by atoms with Gasteiger partial charge in [-0.2, -0.15) is 0 Å². The number of nitrogens with one attached hydrogen (secondary N) is 1. The quantitative estimate of drug-likeness (QED) is 0.582. The first-order valence-electron chi connectivity index (χ1n) is 6.49. The van der Waals surface area contributed by atoms with Gasteiger partial charge in [0, 0.05) is 39.9 Å². The monoisotopic (exact) mass is 273 g/mol. The summed E-state index contributed by atoms with van der Waals surface area (Å²) >= 11 is 5.31. The van der Waals surface area contributed by atoms with Gasteiger partial charge in [0.25, 0.3) is 0 Å². The highest BCUT2D eigenvalue weighted by Crippen LogP contribution is 2.02. The lowest BCUT2D eigenvalue weighted by molar-refractivity contribution is -0.129. The molecular weight excluding hydrogens is 250 g/mol. The van der Waals surface area contributed by atoms with Crippen molar-refractivity contribution in [1.82, 2.24) is 15.1 Å². The van der Waals surface area contributed by atoms with E-state index in [1.54, 1.807) is 4.90 Å². The Balaban J connectivity index is 2.26. The van der Waals surface area contributed by atoms with Gasteiger partial charge in [0.15, 0.2) is 5.11 Å². The lowest BCUT2D eigenvalue weighted by Gasteiger charge is -2.23. The molecule has 6 heteroatoms. The van der Waals surface area contributed by atoms with Crippen LogP contribution < -0.4 is 5.32 Å². The van der Waals surface area contributed by atoms with Crippen molar-refractivity contribution in [3.05, 3.63) is 0 Å². The first kappa shape index (κ1) is 15.2. The Morgan fingerprint density at radius 2 is 2.28 bits per heavy atom. The Bertz CT molecular complexity index is 286. The minimum Gasteiger partial charge on any atom is -0.382 e. The van der Waals surface area contributed by atoms with E-state index in [2.05, 4.69) is 5.32 Å². The SMILES string of the molecule is CCOCCCNC(=S)N1CCCN(C)C(=O)C1. The second-order valence-corrected chi connectivity index (χ2v) is 4.76. The topological polar surface area (TPSA) is 44.8 Å². The molecule has 0 bridgehead atoms. The average Bonchev–Trinajstić information content (AvgIpc) is 2.52. The Kier molecular flexibility index (Phi) is 6.97. The zero-order valence-corrected chi connectivity index (χ0v) is 12.1. The summed E-state index contributed by atoms with van der Waals surface area (Å²) in [6.45, 7) is 6.30. The van der Waals surface area contributed by atoms with Gasteiger partial charge in [-0.25, -0.2) is 0 Å². The van der Waals surface area contributed by atoms with E-state index >= 15 is 0 Å². The number of carbonyl (C=O) groups excluding carboxylic acids is 1. The number of ether oxygens (including phenoxy) is 1. The van der Waals surface area contributed by atoms with Crippen LogP contribution in [0.15, 0.2) is 0 Å². The molecule has 0 aromatic heterocycles. The van der Waals surface area contributed by atoms with E-state index in [-0.39, 0.29) is 5.91 Å². The molecule has 0 atom stereocenters. The Morgan fingerprint density at radius 1 is 1.50 bits per heavy atom. The molecule has 0 spiro atoms. The molecule has 18 heavy (non-hydrogen) atoms. The smallest absolute Gasteiger partial charge is 0.241 e. The maximum atomic E-state index is 11.7. The fraction of sp³-hybridized carbons (Fsp3) is 0.833. The highest BCUT2D eigenvalue weighted by molar-refractivity contribution is 7.80. The molecule has 0 radical (unpaired) electrons. The van der Waals surface area contributed by atoms with Gasteiger partial charge >= 0.3 is 0 Å². The first-order valence-corrected chi connectivity index (χ1v) is 6.90. The third-order valence-corrected chi connectivity index (χ3v) is 3.31. The van der Waals surface area contributed by atoms with Gasteiger partial charge in [0.1, 0.15) is 0 Å². The number of thiocarbonyl (C=S) groups is 1. The molecule has 0 aromatic carbocycles. The van der Waals surface area contributed by atoms with Gasteiger partial charge in [0.2, 0.25) is 5.91 Å². The number of likely N-dealkylation sites (N-methyl/N-ethyl adjacent to an activating group) is 1. The van der Waals surface area contributed by atoms with Crippen LogP contribution in [-0.4, -0.2) is 67.3 Å². The molecule has 1 amide bonds. The van der Waals surface area contributed by atoms with E-state index in [0.717, 1.165) is 45.7 Å². The Labute approximate surface area is 114 Å². The largest absolute Gasteiger partial charge is 0.382 e. The van der Waals surface area contributed by atoms with E-state index in [4.69, 9.17) is 17.0 Å². The van der Waals surface area contributed by atoms with Gasteiger partial charge in [-0.1, -0.05) is 0 Å². The highest BCUT2D eigenvalue weighted by Gasteiger charge is 2.20. The first-order chi connectivity index (χ1) is 8.65. The molecule has 1 saturated heterocycles. The summed E-state index contributed by atoms with van der Waals surface area (Å²) in [6.07, 6.45) is 1.89. The molecule has 1 rings (SSSR count). The van der Waals surface area contributed by atoms with Crippen LogP contribution in [0.2, 0.25) is 0 Å². The zero-order chi connectivity index (χ0) is 13.4. The van der Waals surface area contributed by atoms with Crippen LogP contribution in [-0.2, 0) is 9.53 Å². The summed E-state index contributed by atoms with van der Waals surface area (Å²) in [4.78, 5) is 15.4. The van der Waals surface area contributed by atoms with Crippen LogP contribution in [0.25, 0.3) is 0 Å². The van der Waals surface area contributed by atoms with Crippen molar-refractivity contribution in [3.63, 3.8) is 0 Å². The fourth-order valence-electron chi connectivity index (χ4n) is 1.79. The van der Waals surface area contributed by atoms with E-state index in [0.29, 0.717) is 11.7 Å². The van der Waals surface area contributed by atoms with Crippen LogP contribution >= 0.6 is 12.2 Å². The molecule has 1 aliphatic rings. The van der Waals surface area contributed by atoms with Crippen molar-refractivity contribution in [2.24, 2.45) is 0 Å². The predicted octanol–water partition coefficient (Wildman–Crippen LogP) is 0.452. The summed E-state index contributed by atoms with van der Waals surface area (Å²) in [7, 11) is 1.84. The minimum atomic E-state index is 0.131. The van der Waals surface area contributed by atoms with Crippen LogP contribution in [0.4, 0.5) is 0 Å². The number of hydrogen-bond acceptors (Lipinski definition) is 3. The molecule has 1 heterocycles. The van der Waals surface area contributed by atoms with Gasteiger partial charge in [-0.15, -0.1) is 0 Å². The molecule has 0 aliphatic carbocycles. The number of rotatable bonds is 5. The average molecular weight is 273 g/mol. The fourth-order valence-corrected chi connectivity index (χ4v) is 2.04. The van der Waals surface area contributed by atoms with Gasteiger partial charge in [-0.05, 0) is 32.0 Å². The van der Waals surface area contributed by atoms with Crippen molar-refractivity contribution in [1.29, 1.82) is 0 Å². The van der Waals surface area contributed by atoms with Crippen molar-refractivity contribution in [2.75, 3.05) is 46.4 Å².